The van der Waals surface area contributed by atoms with Gasteiger partial charge in [-0.15, -0.1) is 11.3 Å². The highest BCUT2D eigenvalue weighted by molar-refractivity contribution is 7.21. The Balaban J connectivity index is 1.96. The number of nitrogens with zero attached hydrogens (tertiary/aromatic N) is 1. The lowest BCUT2D eigenvalue weighted by molar-refractivity contribution is 0.0792. The van der Waals surface area contributed by atoms with Gasteiger partial charge >= 0.3 is 0 Å². The van der Waals surface area contributed by atoms with Gasteiger partial charge < -0.3 is 10.6 Å². The molecule has 1 aromatic heterocycles. The maximum absolute atomic E-state index is 13.9. The van der Waals surface area contributed by atoms with Gasteiger partial charge in [0.1, 0.15) is 5.82 Å². The first-order valence-corrected chi connectivity index (χ1v) is 7.60. The van der Waals surface area contributed by atoms with E-state index >= 15 is 0 Å². The molecule has 20 heavy (non-hydrogen) atoms. The van der Waals surface area contributed by atoms with E-state index in [9.17, 15) is 9.18 Å². The molecule has 0 radical (unpaired) electrons. The molecule has 2 aromatic rings. The number of halogens is 1. The fourth-order valence-corrected chi connectivity index (χ4v) is 4.00. The second-order valence-electron chi connectivity index (χ2n) is 5.31. The molecule has 1 saturated heterocycles. The van der Waals surface area contributed by atoms with Crippen LogP contribution in [-0.2, 0) is 0 Å². The Kier molecular flexibility index (Phi) is 3.48. The predicted octanol–water partition coefficient (Wildman–Crippen LogP) is 2.77. The number of fused-ring (bicyclic) bond motifs is 1. The first-order chi connectivity index (χ1) is 9.61. The van der Waals surface area contributed by atoms with Crippen molar-refractivity contribution in [2.75, 3.05) is 19.6 Å². The second-order valence-corrected chi connectivity index (χ2v) is 6.36. The number of thiophene rings is 1. The van der Waals surface area contributed by atoms with Crippen molar-refractivity contribution in [2.24, 2.45) is 11.7 Å². The van der Waals surface area contributed by atoms with Gasteiger partial charge in [-0.2, -0.15) is 0 Å². The molecule has 0 unspecified atom stereocenters. The summed E-state index contributed by atoms with van der Waals surface area (Å²) in [6.45, 7) is 3.90. The Morgan fingerprint density at radius 1 is 1.55 bits per heavy atom. The summed E-state index contributed by atoms with van der Waals surface area (Å²) < 4.78 is 14.7. The number of rotatable bonds is 2. The Morgan fingerprint density at radius 2 is 2.35 bits per heavy atom. The van der Waals surface area contributed by atoms with Crippen molar-refractivity contribution in [3.8, 4) is 0 Å². The third-order valence-electron chi connectivity index (χ3n) is 4.00. The van der Waals surface area contributed by atoms with Crippen molar-refractivity contribution in [3.63, 3.8) is 0 Å². The number of aryl methyl sites for hydroxylation is 1. The number of amides is 1. The van der Waals surface area contributed by atoms with E-state index in [0.717, 1.165) is 23.2 Å². The molecular formula is C15H17FN2OS. The fraction of sp³-hybridized carbons (Fsp3) is 0.400. The van der Waals surface area contributed by atoms with E-state index in [1.807, 2.05) is 17.9 Å². The van der Waals surface area contributed by atoms with Crippen molar-refractivity contribution in [1.82, 2.24) is 4.90 Å². The Labute approximate surface area is 121 Å². The van der Waals surface area contributed by atoms with Gasteiger partial charge in [0.05, 0.1) is 4.88 Å². The SMILES string of the molecule is Cc1c(C(=O)N2CC[C@@H](CN)C2)sc2cccc(F)c12. The summed E-state index contributed by atoms with van der Waals surface area (Å²) in [6, 6.07) is 4.98. The minimum absolute atomic E-state index is 0.0130. The number of hydrogen-bond acceptors (Lipinski definition) is 3. The zero-order valence-corrected chi connectivity index (χ0v) is 12.2. The average molecular weight is 292 g/mol. The lowest BCUT2D eigenvalue weighted by Gasteiger charge is -2.15. The van der Waals surface area contributed by atoms with Crippen LogP contribution in [0.1, 0.15) is 21.7 Å². The molecule has 2 N–H and O–H groups in total. The molecule has 0 aliphatic carbocycles. The van der Waals surface area contributed by atoms with Crippen LogP contribution in [-0.4, -0.2) is 30.4 Å². The smallest absolute Gasteiger partial charge is 0.264 e. The van der Waals surface area contributed by atoms with Crippen LogP contribution in [0, 0.1) is 18.7 Å². The minimum atomic E-state index is -0.253. The van der Waals surface area contributed by atoms with Crippen molar-refractivity contribution < 1.29 is 9.18 Å². The van der Waals surface area contributed by atoms with Crippen LogP contribution in [0.15, 0.2) is 18.2 Å². The minimum Gasteiger partial charge on any atom is -0.338 e. The highest BCUT2D eigenvalue weighted by Crippen LogP contribution is 2.34. The molecule has 0 saturated carbocycles. The van der Waals surface area contributed by atoms with Crippen LogP contribution >= 0.6 is 11.3 Å². The zero-order valence-electron chi connectivity index (χ0n) is 11.4. The van der Waals surface area contributed by atoms with Crippen LogP contribution in [0.4, 0.5) is 4.39 Å². The average Bonchev–Trinajstić information content (AvgIpc) is 3.04. The summed E-state index contributed by atoms with van der Waals surface area (Å²) in [6.07, 6.45) is 0.959. The number of nitrogens with two attached hydrogens (primary N) is 1. The summed E-state index contributed by atoms with van der Waals surface area (Å²) in [5.41, 5.74) is 6.41. The van der Waals surface area contributed by atoms with E-state index in [0.29, 0.717) is 29.3 Å². The van der Waals surface area contributed by atoms with Gasteiger partial charge in [-0.25, -0.2) is 4.39 Å². The lowest BCUT2D eigenvalue weighted by atomic mass is 10.1. The molecule has 5 heteroatoms. The molecule has 1 aliphatic heterocycles. The quantitative estimate of drug-likeness (QED) is 0.925. The van der Waals surface area contributed by atoms with Gasteiger partial charge in [0.25, 0.3) is 5.91 Å². The van der Waals surface area contributed by atoms with Gasteiger partial charge in [0, 0.05) is 23.2 Å². The summed E-state index contributed by atoms with van der Waals surface area (Å²) >= 11 is 1.38. The number of hydrogen-bond donors (Lipinski definition) is 1. The van der Waals surface area contributed by atoms with Crippen LogP contribution in [0.5, 0.6) is 0 Å². The number of carbonyl (C=O) groups is 1. The fourth-order valence-electron chi connectivity index (χ4n) is 2.81. The van der Waals surface area contributed by atoms with Gasteiger partial charge in [0.2, 0.25) is 0 Å². The van der Waals surface area contributed by atoms with Gasteiger partial charge in [-0.05, 0) is 43.5 Å². The molecule has 3 nitrogen and oxygen atoms in total. The Bertz CT molecular complexity index is 667. The first kappa shape index (κ1) is 13.5. The summed E-state index contributed by atoms with van der Waals surface area (Å²) in [5.74, 6) is 0.154. The van der Waals surface area contributed by atoms with Crippen molar-refractivity contribution >= 4 is 27.3 Å². The molecule has 106 valence electrons. The summed E-state index contributed by atoms with van der Waals surface area (Å²) in [5, 5.41) is 0.579. The van der Waals surface area contributed by atoms with Crippen LogP contribution in [0.25, 0.3) is 10.1 Å². The van der Waals surface area contributed by atoms with Gasteiger partial charge in [0.15, 0.2) is 0 Å². The van der Waals surface area contributed by atoms with E-state index in [2.05, 4.69) is 0 Å². The third kappa shape index (κ3) is 2.11. The molecular weight excluding hydrogens is 275 g/mol. The molecule has 1 fully saturated rings. The Morgan fingerprint density at radius 3 is 3.00 bits per heavy atom. The molecule has 1 amide bonds. The largest absolute Gasteiger partial charge is 0.338 e. The van der Waals surface area contributed by atoms with E-state index in [4.69, 9.17) is 5.73 Å². The van der Waals surface area contributed by atoms with Crippen LogP contribution in [0.3, 0.4) is 0 Å². The van der Waals surface area contributed by atoms with Gasteiger partial charge in [-0.3, -0.25) is 4.79 Å². The first-order valence-electron chi connectivity index (χ1n) is 6.78. The van der Waals surface area contributed by atoms with Gasteiger partial charge in [-0.1, -0.05) is 6.07 Å². The van der Waals surface area contributed by atoms with Crippen LogP contribution < -0.4 is 5.73 Å². The van der Waals surface area contributed by atoms with Crippen molar-refractivity contribution in [1.29, 1.82) is 0 Å². The molecule has 0 spiro atoms. The van der Waals surface area contributed by atoms with Crippen LogP contribution in [0.2, 0.25) is 0 Å². The molecule has 1 aliphatic rings. The normalized spacial score (nSPS) is 18.9. The van der Waals surface area contributed by atoms with E-state index in [1.54, 1.807) is 6.07 Å². The molecule has 3 rings (SSSR count). The summed E-state index contributed by atoms with van der Waals surface area (Å²) in [7, 11) is 0. The standard InChI is InChI=1S/C15H17FN2OS/c1-9-13-11(16)3-2-4-12(13)20-14(9)15(19)18-6-5-10(7-17)8-18/h2-4,10H,5-8,17H2,1H3/t10-/m0/s1. The topological polar surface area (TPSA) is 46.3 Å². The second kappa shape index (κ2) is 5.14. The van der Waals surface area contributed by atoms with E-state index < -0.39 is 0 Å². The molecule has 1 aromatic carbocycles. The third-order valence-corrected chi connectivity index (χ3v) is 5.25. The number of likely N-dealkylation sites (tertiary alicyclic amines) is 1. The van der Waals surface area contributed by atoms with Crippen molar-refractivity contribution in [2.45, 2.75) is 13.3 Å². The zero-order chi connectivity index (χ0) is 14.3. The summed E-state index contributed by atoms with van der Waals surface area (Å²) in [4.78, 5) is 15.1. The Hall–Kier alpha value is -1.46. The molecule has 2 heterocycles. The number of benzene rings is 1. The lowest BCUT2D eigenvalue weighted by Crippen LogP contribution is -2.29. The van der Waals surface area contributed by atoms with E-state index in [1.165, 1.54) is 17.4 Å². The highest BCUT2D eigenvalue weighted by atomic mass is 32.1. The highest BCUT2D eigenvalue weighted by Gasteiger charge is 2.28. The predicted molar refractivity (Wildman–Crippen MR) is 79.6 cm³/mol. The number of carbonyl (C=O) groups excluding carboxylic acids is 1. The monoisotopic (exact) mass is 292 g/mol. The maximum Gasteiger partial charge on any atom is 0.264 e. The maximum atomic E-state index is 13.9. The van der Waals surface area contributed by atoms with E-state index in [-0.39, 0.29) is 11.7 Å². The van der Waals surface area contributed by atoms with Crippen molar-refractivity contribution in [3.05, 3.63) is 34.5 Å². The molecule has 0 bridgehead atoms. The molecule has 1 atom stereocenters.